The Hall–Kier alpha value is -0.790. The zero-order valence-electron chi connectivity index (χ0n) is 7.71. The van der Waals surface area contributed by atoms with Crippen molar-refractivity contribution >= 4 is 23.7 Å². The van der Waals surface area contributed by atoms with Crippen molar-refractivity contribution < 1.29 is 19.8 Å². The second-order valence-electron chi connectivity index (χ2n) is 2.85. The minimum Gasteiger partial charge on any atom is -0.480 e. The first kappa shape index (κ1) is 13.2. The third-order valence-corrected chi connectivity index (χ3v) is 3.02. The molecule has 0 aliphatic carbocycles. The molecule has 0 bridgehead atoms. The monoisotopic (exact) mass is 222 g/mol. The van der Waals surface area contributed by atoms with E-state index in [1.54, 1.807) is 6.92 Å². The molecule has 0 saturated carbocycles. The van der Waals surface area contributed by atoms with Crippen LogP contribution < -0.4 is 11.5 Å². The number of nitrogens with two attached hydrogens (primary N) is 2. The Bertz CT molecular complexity index is 224. The molecule has 0 saturated heterocycles. The number of carboxylic acids is 2. The zero-order chi connectivity index (χ0) is 11.3. The van der Waals surface area contributed by atoms with Crippen LogP contribution in [-0.2, 0) is 9.59 Å². The average Bonchev–Trinajstić information content (AvgIpc) is 2.11. The van der Waals surface area contributed by atoms with E-state index in [1.165, 1.54) is 0 Å². The summed E-state index contributed by atoms with van der Waals surface area (Å²) in [6, 6.07) is -1.98. The molecule has 0 aliphatic rings. The molecular formula is C7H14N2O4S. The van der Waals surface area contributed by atoms with Crippen LogP contribution in [0.4, 0.5) is 0 Å². The van der Waals surface area contributed by atoms with E-state index in [0.29, 0.717) is 0 Å². The SMILES string of the molecule is CC(SC[C@H](N)C(=O)O)[C@H](N)C(=O)O. The second-order valence-corrected chi connectivity index (χ2v) is 4.26. The number of carbonyl (C=O) groups is 2. The standard InChI is InChI=1S/C7H14N2O4S/c1-3(5(9)7(12)13)14-2-4(8)6(10)11/h3-5H,2,8-9H2,1H3,(H,10,11)(H,12,13)/t3?,4-,5-/m0/s1. The second kappa shape index (κ2) is 5.84. The van der Waals surface area contributed by atoms with Gasteiger partial charge in [0.25, 0.3) is 0 Å². The van der Waals surface area contributed by atoms with Gasteiger partial charge in [0, 0.05) is 11.0 Å². The molecule has 0 amide bonds. The number of thioether (sulfide) groups is 1. The Morgan fingerprint density at radius 2 is 1.79 bits per heavy atom. The largest absolute Gasteiger partial charge is 0.480 e. The van der Waals surface area contributed by atoms with Gasteiger partial charge in [-0.1, -0.05) is 6.92 Å². The van der Waals surface area contributed by atoms with E-state index in [9.17, 15) is 9.59 Å². The summed E-state index contributed by atoms with van der Waals surface area (Å²) in [4.78, 5) is 20.8. The fraction of sp³-hybridized carbons (Fsp3) is 0.714. The van der Waals surface area contributed by atoms with Gasteiger partial charge in [-0.2, -0.15) is 11.8 Å². The fourth-order valence-electron chi connectivity index (χ4n) is 0.631. The van der Waals surface area contributed by atoms with Crippen molar-refractivity contribution in [2.75, 3.05) is 5.75 Å². The van der Waals surface area contributed by atoms with Gasteiger partial charge in [0.15, 0.2) is 0 Å². The molecule has 7 heteroatoms. The van der Waals surface area contributed by atoms with Crippen molar-refractivity contribution in [1.29, 1.82) is 0 Å². The van der Waals surface area contributed by atoms with Gasteiger partial charge in [-0.3, -0.25) is 9.59 Å². The molecule has 0 aromatic rings. The Kier molecular flexibility index (Phi) is 5.51. The molecule has 0 rings (SSSR count). The Labute approximate surface area is 85.6 Å². The molecular weight excluding hydrogens is 208 g/mol. The lowest BCUT2D eigenvalue weighted by Crippen LogP contribution is -2.40. The van der Waals surface area contributed by atoms with Gasteiger partial charge >= 0.3 is 11.9 Å². The maximum atomic E-state index is 10.4. The Morgan fingerprint density at radius 1 is 1.29 bits per heavy atom. The molecule has 6 N–H and O–H groups in total. The van der Waals surface area contributed by atoms with Crippen LogP contribution in [-0.4, -0.2) is 45.2 Å². The van der Waals surface area contributed by atoms with Crippen molar-refractivity contribution in [3.05, 3.63) is 0 Å². The van der Waals surface area contributed by atoms with E-state index >= 15 is 0 Å². The number of rotatable bonds is 6. The number of aliphatic carboxylic acids is 2. The van der Waals surface area contributed by atoms with Crippen molar-refractivity contribution in [3.8, 4) is 0 Å². The Morgan fingerprint density at radius 3 is 2.14 bits per heavy atom. The third-order valence-electron chi connectivity index (χ3n) is 1.65. The maximum Gasteiger partial charge on any atom is 0.321 e. The average molecular weight is 222 g/mol. The molecule has 0 aliphatic heterocycles. The highest BCUT2D eigenvalue weighted by atomic mass is 32.2. The summed E-state index contributed by atoms with van der Waals surface area (Å²) < 4.78 is 0. The van der Waals surface area contributed by atoms with E-state index in [1.807, 2.05) is 0 Å². The molecule has 82 valence electrons. The minimum absolute atomic E-state index is 0.150. The van der Waals surface area contributed by atoms with Gasteiger partial charge in [-0.25, -0.2) is 0 Å². The van der Waals surface area contributed by atoms with Crippen LogP contribution in [0.5, 0.6) is 0 Å². The molecule has 3 atom stereocenters. The van der Waals surface area contributed by atoms with Crippen LogP contribution in [0.15, 0.2) is 0 Å². The van der Waals surface area contributed by atoms with E-state index in [4.69, 9.17) is 21.7 Å². The summed E-state index contributed by atoms with van der Waals surface area (Å²) in [6.07, 6.45) is 0. The summed E-state index contributed by atoms with van der Waals surface area (Å²) in [5.74, 6) is -2.06. The van der Waals surface area contributed by atoms with Crippen LogP contribution in [0.2, 0.25) is 0 Å². The lowest BCUT2D eigenvalue weighted by Gasteiger charge is -2.16. The highest BCUT2D eigenvalue weighted by molar-refractivity contribution is 8.00. The first-order chi connectivity index (χ1) is 6.36. The van der Waals surface area contributed by atoms with E-state index in [-0.39, 0.29) is 11.0 Å². The van der Waals surface area contributed by atoms with Crippen molar-refractivity contribution in [2.45, 2.75) is 24.3 Å². The first-order valence-electron chi connectivity index (χ1n) is 3.94. The molecule has 0 heterocycles. The van der Waals surface area contributed by atoms with Crippen LogP contribution in [0.3, 0.4) is 0 Å². The van der Waals surface area contributed by atoms with Crippen LogP contribution in [0.25, 0.3) is 0 Å². The van der Waals surface area contributed by atoms with E-state index in [2.05, 4.69) is 0 Å². The summed E-state index contributed by atoms with van der Waals surface area (Å²) in [5.41, 5.74) is 10.5. The normalized spacial score (nSPS) is 17.1. The van der Waals surface area contributed by atoms with Crippen LogP contribution in [0, 0.1) is 0 Å². The van der Waals surface area contributed by atoms with Crippen LogP contribution in [0.1, 0.15) is 6.92 Å². The van der Waals surface area contributed by atoms with Gasteiger partial charge in [-0.15, -0.1) is 0 Å². The van der Waals surface area contributed by atoms with Crippen molar-refractivity contribution in [3.63, 3.8) is 0 Å². The lowest BCUT2D eigenvalue weighted by atomic mass is 10.2. The van der Waals surface area contributed by atoms with E-state index < -0.39 is 24.0 Å². The Balaban J connectivity index is 3.90. The van der Waals surface area contributed by atoms with Gasteiger partial charge < -0.3 is 21.7 Å². The fourth-order valence-corrected chi connectivity index (χ4v) is 1.61. The molecule has 0 aromatic carbocycles. The summed E-state index contributed by atoms with van der Waals surface area (Å²) in [5, 5.41) is 16.6. The van der Waals surface area contributed by atoms with Crippen LogP contribution >= 0.6 is 11.8 Å². The predicted molar refractivity (Wildman–Crippen MR) is 53.1 cm³/mol. The van der Waals surface area contributed by atoms with Gasteiger partial charge in [0.1, 0.15) is 12.1 Å². The highest BCUT2D eigenvalue weighted by Crippen LogP contribution is 2.14. The van der Waals surface area contributed by atoms with Crippen molar-refractivity contribution in [2.24, 2.45) is 11.5 Å². The van der Waals surface area contributed by atoms with Gasteiger partial charge in [0.2, 0.25) is 0 Å². The van der Waals surface area contributed by atoms with E-state index in [0.717, 1.165) is 11.8 Å². The molecule has 0 fully saturated rings. The topological polar surface area (TPSA) is 127 Å². The highest BCUT2D eigenvalue weighted by Gasteiger charge is 2.22. The summed E-state index contributed by atoms with van der Waals surface area (Å²) in [7, 11) is 0. The number of carboxylic acid groups (broad SMARTS) is 2. The molecule has 6 nitrogen and oxygen atoms in total. The minimum atomic E-state index is -1.10. The zero-order valence-corrected chi connectivity index (χ0v) is 8.53. The lowest BCUT2D eigenvalue weighted by molar-refractivity contribution is -0.139. The molecule has 0 spiro atoms. The predicted octanol–water partition coefficient (Wildman–Crippen LogP) is -1.07. The molecule has 1 unspecified atom stereocenters. The summed E-state index contributed by atoms with van der Waals surface area (Å²) >= 11 is 1.14. The first-order valence-corrected chi connectivity index (χ1v) is 4.99. The maximum absolute atomic E-state index is 10.4. The molecule has 14 heavy (non-hydrogen) atoms. The third kappa shape index (κ3) is 4.45. The number of hydrogen-bond acceptors (Lipinski definition) is 5. The quantitative estimate of drug-likeness (QED) is 0.450. The van der Waals surface area contributed by atoms with Gasteiger partial charge in [0.05, 0.1) is 0 Å². The van der Waals surface area contributed by atoms with Gasteiger partial charge in [-0.05, 0) is 0 Å². The smallest absolute Gasteiger partial charge is 0.321 e. The summed E-state index contributed by atoms with van der Waals surface area (Å²) in [6.45, 7) is 1.62. The molecule has 0 radical (unpaired) electrons. The van der Waals surface area contributed by atoms with Crippen molar-refractivity contribution in [1.82, 2.24) is 0 Å². The number of hydrogen-bond donors (Lipinski definition) is 4. The molecule has 0 aromatic heterocycles.